The molecule has 2 atom stereocenters. The molecule has 0 aromatic heterocycles. The number of nitro groups is 1. The predicted molar refractivity (Wildman–Crippen MR) is 36.6 cm³/mol. The third-order valence-corrected chi connectivity index (χ3v) is 1.80. The Bertz CT molecular complexity index is 172. The molecule has 1 aliphatic heterocycles. The van der Waals surface area contributed by atoms with Crippen LogP contribution in [0.4, 0.5) is 0 Å². The Hall–Kier alpha value is -0.680. The molecule has 5 heteroatoms. The summed E-state index contributed by atoms with van der Waals surface area (Å²) in [6, 6.07) is 0. The fourth-order valence-corrected chi connectivity index (χ4v) is 1.26. The SMILES string of the molecule is C[C@]1(C[N+](=O)[O-])CCC(O)O1. The van der Waals surface area contributed by atoms with Gasteiger partial charge in [-0.2, -0.15) is 0 Å². The van der Waals surface area contributed by atoms with Gasteiger partial charge in [0.1, 0.15) is 5.60 Å². The molecule has 0 aromatic rings. The molecule has 0 bridgehead atoms. The summed E-state index contributed by atoms with van der Waals surface area (Å²) in [5, 5.41) is 19.0. The van der Waals surface area contributed by atoms with Crippen LogP contribution in [0.1, 0.15) is 19.8 Å². The minimum absolute atomic E-state index is 0.232. The summed E-state index contributed by atoms with van der Waals surface area (Å²) >= 11 is 0. The summed E-state index contributed by atoms with van der Waals surface area (Å²) in [4.78, 5) is 9.69. The van der Waals surface area contributed by atoms with E-state index in [9.17, 15) is 10.1 Å². The zero-order valence-corrected chi connectivity index (χ0v) is 6.32. The Morgan fingerprint density at radius 1 is 1.91 bits per heavy atom. The second-order valence-electron chi connectivity index (χ2n) is 3.05. The quantitative estimate of drug-likeness (QED) is 0.462. The van der Waals surface area contributed by atoms with Crippen molar-refractivity contribution in [3.8, 4) is 0 Å². The number of hydrogen-bond donors (Lipinski definition) is 1. The molecule has 0 saturated carbocycles. The van der Waals surface area contributed by atoms with Crippen molar-refractivity contribution in [1.29, 1.82) is 0 Å². The fraction of sp³-hybridized carbons (Fsp3) is 1.00. The van der Waals surface area contributed by atoms with Gasteiger partial charge < -0.3 is 9.84 Å². The lowest BCUT2D eigenvalue weighted by Gasteiger charge is -2.17. The maximum Gasteiger partial charge on any atom is 0.232 e. The van der Waals surface area contributed by atoms with Crippen molar-refractivity contribution < 1.29 is 14.8 Å². The Morgan fingerprint density at radius 2 is 2.55 bits per heavy atom. The largest absolute Gasteiger partial charge is 0.368 e. The molecular weight excluding hydrogens is 150 g/mol. The lowest BCUT2D eigenvalue weighted by molar-refractivity contribution is -0.501. The molecule has 64 valence electrons. The van der Waals surface area contributed by atoms with E-state index in [4.69, 9.17) is 9.84 Å². The lowest BCUT2D eigenvalue weighted by Crippen LogP contribution is -2.33. The highest BCUT2D eigenvalue weighted by Crippen LogP contribution is 2.28. The minimum Gasteiger partial charge on any atom is -0.368 e. The van der Waals surface area contributed by atoms with Gasteiger partial charge in [0.2, 0.25) is 6.54 Å². The molecule has 5 nitrogen and oxygen atoms in total. The van der Waals surface area contributed by atoms with E-state index in [-0.39, 0.29) is 6.54 Å². The van der Waals surface area contributed by atoms with Crippen LogP contribution in [0.25, 0.3) is 0 Å². The molecule has 1 saturated heterocycles. The maximum absolute atomic E-state index is 10.1. The van der Waals surface area contributed by atoms with E-state index >= 15 is 0 Å². The van der Waals surface area contributed by atoms with Gasteiger partial charge in [-0.1, -0.05) is 0 Å². The van der Waals surface area contributed by atoms with E-state index in [1.807, 2.05) is 0 Å². The minimum atomic E-state index is -0.819. The molecule has 0 radical (unpaired) electrons. The fourth-order valence-electron chi connectivity index (χ4n) is 1.26. The van der Waals surface area contributed by atoms with Crippen molar-refractivity contribution in [2.75, 3.05) is 6.54 Å². The molecule has 1 heterocycles. The average Bonchev–Trinajstić information content (AvgIpc) is 2.08. The summed E-state index contributed by atoms with van der Waals surface area (Å²) in [6.07, 6.45) is 0.222. The van der Waals surface area contributed by atoms with Gasteiger partial charge in [-0.25, -0.2) is 0 Å². The van der Waals surface area contributed by atoms with Crippen molar-refractivity contribution in [3.05, 3.63) is 10.1 Å². The molecule has 0 aromatic carbocycles. The maximum atomic E-state index is 10.1. The topological polar surface area (TPSA) is 72.6 Å². The summed E-state index contributed by atoms with van der Waals surface area (Å²) in [5.41, 5.74) is -0.761. The van der Waals surface area contributed by atoms with Gasteiger partial charge >= 0.3 is 0 Å². The van der Waals surface area contributed by atoms with Crippen molar-refractivity contribution in [2.24, 2.45) is 0 Å². The van der Waals surface area contributed by atoms with Gasteiger partial charge in [0.25, 0.3) is 0 Å². The van der Waals surface area contributed by atoms with Gasteiger partial charge in [0, 0.05) is 11.3 Å². The van der Waals surface area contributed by atoms with Gasteiger partial charge in [-0.05, 0) is 13.3 Å². The zero-order chi connectivity index (χ0) is 8.48. The first-order chi connectivity index (χ1) is 5.02. The molecule has 11 heavy (non-hydrogen) atoms. The van der Waals surface area contributed by atoms with Crippen LogP contribution in [0.2, 0.25) is 0 Å². The predicted octanol–water partition coefficient (Wildman–Crippen LogP) is 0.151. The lowest BCUT2D eigenvalue weighted by atomic mass is 10.0. The van der Waals surface area contributed by atoms with Crippen molar-refractivity contribution >= 4 is 0 Å². The molecule has 1 N–H and O–H groups in total. The summed E-state index contributed by atoms with van der Waals surface area (Å²) in [6.45, 7) is 1.41. The highest BCUT2D eigenvalue weighted by Gasteiger charge is 2.39. The first kappa shape index (κ1) is 8.42. The van der Waals surface area contributed by atoms with Gasteiger partial charge in [-0.15, -0.1) is 0 Å². The smallest absolute Gasteiger partial charge is 0.232 e. The third-order valence-electron chi connectivity index (χ3n) is 1.80. The zero-order valence-electron chi connectivity index (χ0n) is 6.32. The number of nitrogens with zero attached hydrogens (tertiary/aromatic N) is 1. The highest BCUT2D eigenvalue weighted by atomic mass is 16.6. The average molecular weight is 161 g/mol. The van der Waals surface area contributed by atoms with E-state index in [2.05, 4.69) is 0 Å². The Kier molecular flexibility index (Phi) is 2.10. The van der Waals surface area contributed by atoms with Crippen LogP contribution in [0.3, 0.4) is 0 Å². The molecule has 1 unspecified atom stereocenters. The number of hydrogen-bond acceptors (Lipinski definition) is 4. The van der Waals surface area contributed by atoms with Crippen molar-refractivity contribution in [3.63, 3.8) is 0 Å². The molecule has 1 aliphatic rings. The van der Waals surface area contributed by atoms with Crippen LogP contribution in [-0.2, 0) is 4.74 Å². The Balaban J connectivity index is 2.48. The molecule has 1 fully saturated rings. The first-order valence-electron chi connectivity index (χ1n) is 3.49. The van der Waals surface area contributed by atoms with E-state index in [1.54, 1.807) is 6.92 Å². The standard InChI is InChI=1S/C6H11NO4/c1-6(4-7(9)10)3-2-5(8)11-6/h5,8H,2-4H2,1H3/t5?,6-/m1/s1. The normalized spacial score (nSPS) is 37.5. The Labute approximate surface area is 64.1 Å². The van der Waals surface area contributed by atoms with Crippen molar-refractivity contribution in [1.82, 2.24) is 0 Å². The number of aliphatic hydroxyl groups excluding tert-OH is 1. The van der Waals surface area contributed by atoms with Crippen LogP contribution in [0.5, 0.6) is 0 Å². The van der Waals surface area contributed by atoms with E-state index in [0.29, 0.717) is 12.8 Å². The second kappa shape index (κ2) is 2.75. The second-order valence-corrected chi connectivity index (χ2v) is 3.05. The summed E-state index contributed by atoms with van der Waals surface area (Å²) < 4.78 is 4.97. The van der Waals surface area contributed by atoms with Crippen LogP contribution < -0.4 is 0 Å². The van der Waals surface area contributed by atoms with Crippen LogP contribution >= 0.6 is 0 Å². The van der Waals surface area contributed by atoms with E-state index in [0.717, 1.165) is 0 Å². The van der Waals surface area contributed by atoms with Crippen LogP contribution in [0, 0.1) is 10.1 Å². The molecule has 0 spiro atoms. The van der Waals surface area contributed by atoms with E-state index in [1.165, 1.54) is 0 Å². The van der Waals surface area contributed by atoms with Gasteiger partial charge in [0.05, 0.1) is 0 Å². The third kappa shape index (κ3) is 2.13. The molecule has 1 rings (SSSR count). The molecule has 0 amide bonds. The Morgan fingerprint density at radius 3 is 2.91 bits per heavy atom. The van der Waals surface area contributed by atoms with E-state index < -0.39 is 16.8 Å². The molecule has 0 aliphatic carbocycles. The summed E-state index contributed by atoms with van der Waals surface area (Å²) in [7, 11) is 0. The van der Waals surface area contributed by atoms with Crippen molar-refractivity contribution in [2.45, 2.75) is 31.7 Å². The number of ether oxygens (including phenoxy) is 1. The first-order valence-corrected chi connectivity index (χ1v) is 3.49. The van der Waals surface area contributed by atoms with Gasteiger partial charge in [0.15, 0.2) is 6.29 Å². The molecular formula is C6H11NO4. The van der Waals surface area contributed by atoms with Crippen LogP contribution in [-0.4, -0.2) is 28.5 Å². The van der Waals surface area contributed by atoms with Gasteiger partial charge in [-0.3, -0.25) is 10.1 Å². The monoisotopic (exact) mass is 161 g/mol. The number of rotatable bonds is 2. The number of aliphatic hydroxyl groups is 1. The highest BCUT2D eigenvalue weighted by molar-refractivity contribution is 4.80. The van der Waals surface area contributed by atoms with Crippen LogP contribution in [0.15, 0.2) is 0 Å². The summed E-state index contributed by atoms with van der Waals surface area (Å²) in [5.74, 6) is 0.